The number of amides is 1. The number of piperazine rings is 1. The lowest BCUT2D eigenvalue weighted by molar-refractivity contribution is 0.0746. The fraction of sp³-hybridized carbons (Fsp3) is 0.400. The Morgan fingerprint density at radius 2 is 1.85 bits per heavy atom. The van der Waals surface area contributed by atoms with Gasteiger partial charge in [0.2, 0.25) is 0 Å². The summed E-state index contributed by atoms with van der Waals surface area (Å²) < 4.78 is 0. The number of nitrogens with zero attached hydrogens (tertiary/aromatic N) is 6. The second-order valence-corrected chi connectivity index (χ2v) is 6.39. The van der Waals surface area contributed by atoms with Gasteiger partial charge in [0.15, 0.2) is 11.6 Å². The Bertz CT molecular complexity index is 817. The van der Waals surface area contributed by atoms with Crippen molar-refractivity contribution >= 4 is 17.5 Å². The molecule has 1 aromatic heterocycles. The normalized spacial score (nSPS) is 14.0. The molecule has 0 saturated carbocycles. The molecule has 1 saturated heterocycles. The highest BCUT2D eigenvalue weighted by molar-refractivity contribution is 5.94. The molecule has 0 radical (unpaired) electrons. The van der Waals surface area contributed by atoms with E-state index < -0.39 is 0 Å². The van der Waals surface area contributed by atoms with Crippen molar-refractivity contribution in [2.45, 2.75) is 13.8 Å². The maximum absolute atomic E-state index is 12.7. The average molecular weight is 364 g/mol. The number of hydrogen-bond acceptors (Lipinski definition) is 6. The molecule has 3 rings (SSSR count). The number of anilines is 2. The third-order valence-corrected chi connectivity index (χ3v) is 4.85. The van der Waals surface area contributed by atoms with E-state index in [0.717, 1.165) is 24.7 Å². The number of rotatable bonds is 5. The number of carbonyl (C=O) groups excluding carboxylic acids is 1. The molecule has 0 spiro atoms. The van der Waals surface area contributed by atoms with E-state index in [1.165, 1.54) is 0 Å². The standard InChI is InChI=1S/C20H24N6O/c1-3-24(4-2)18-8-9-19(23-22-18)25-10-12-26(13-11-25)20(27)17-7-5-6-16(14-17)15-21/h5-9,14H,3-4,10-13H2,1-2H3. The summed E-state index contributed by atoms with van der Waals surface area (Å²) in [5.74, 6) is 1.69. The fourth-order valence-corrected chi connectivity index (χ4v) is 3.25. The molecule has 0 aliphatic carbocycles. The van der Waals surface area contributed by atoms with E-state index in [-0.39, 0.29) is 5.91 Å². The Balaban J connectivity index is 1.61. The lowest BCUT2D eigenvalue weighted by Crippen LogP contribution is -2.49. The first-order valence-electron chi connectivity index (χ1n) is 9.29. The van der Waals surface area contributed by atoms with Gasteiger partial charge in [-0.15, -0.1) is 10.2 Å². The van der Waals surface area contributed by atoms with Crippen LogP contribution in [0.5, 0.6) is 0 Å². The molecule has 1 fully saturated rings. The highest BCUT2D eigenvalue weighted by Gasteiger charge is 2.23. The van der Waals surface area contributed by atoms with Gasteiger partial charge >= 0.3 is 0 Å². The first-order chi connectivity index (χ1) is 13.2. The summed E-state index contributed by atoms with van der Waals surface area (Å²) >= 11 is 0. The average Bonchev–Trinajstić information content (AvgIpc) is 2.75. The van der Waals surface area contributed by atoms with Crippen LogP contribution in [0.15, 0.2) is 36.4 Å². The van der Waals surface area contributed by atoms with Crippen molar-refractivity contribution in [2.75, 3.05) is 49.1 Å². The van der Waals surface area contributed by atoms with E-state index in [1.807, 2.05) is 17.0 Å². The summed E-state index contributed by atoms with van der Waals surface area (Å²) in [7, 11) is 0. The van der Waals surface area contributed by atoms with Crippen molar-refractivity contribution in [2.24, 2.45) is 0 Å². The van der Waals surface area contributed by atoms with E-state index in [9.17, 15) is 4.79 Å². The lowest BCUT2D eigenvalue weighted by Gasteiger charge is -2.35. The molecule has 1 aliphatic rings. The van der Waals surface area contributed by atoms with Crippen molar-refractivity contribution in [3.05, 3.63) is 47.5 Å². The maximum Gasteiger partial charge on any atom is 0.254 e. The van der Waals surface area contributed by atoms with Gasteiger partial charge in [-0.25, -0.2) is 0 Å². The summed E-state index contributed by atoms with van der Waals surface area (Å²) in [6.07, 6.45) is 0. The smallest absolute Gasteiger partial charge is 0.254 e. The van der Waals surface area contributed by atoms with E-state index in [1.54, 1.807) is 24.3 Å². The van der Waals surface area contributed by atoms with Crippen LogP contribution in [0.3, 0.4) is 0 Å². The number of aromatic nitrogens is 2. The Morgan fingerprint density at radius 3 is 2.44 bits per heavy atom. The van der Waals surface area contributed by atoms with Crippen LogP contribution in [-0.4, -0.2) is 60.3 Å². The maximum atomic E-state index is 12.7. The van der Waals surface area contributed by atoms with Gasteiger partial charge in [0.05, 0.1) is 11.6 Å². The molecule has 0 atom stereocenters. The number of hydrogen-bond donors (Lipinski definition) is 0. The highest BCUT2D eigenvalue weighted by atomic mass is 16.2. The van der Waals surface area contributed by atoms with Crippen molar-refractivity contribution in [3.63, 3.8) is 0 Å². The number of nitriles is 1. The first kappa shape index (κ1) is 18.6. The minimum atomic E-state index is -0.0327. The molecule has 27 heavy (non-hydrogen) atoms. The molecule has 7 nitrogen and oxygen atoms in total. The van der Waals surface area contributed by atoms with Gasteiger partial charge in [-0.3, -0.25) is 4.79 Å². The monoisotopic (exact) mass is 364 g/mol. The summed E-state index contributed by atoms with van der Waals surface area (Å²) in [5.41, 5.74) is 1.06. The molecule has 2 aromatic rings. The van der Waals surface area contributed by atoms with Crippen LogP contribution in [-0.2, 0) is 0 Å². The minimum Gasteiger partial charge on any atom is -0.356 e. The van der Waals surface area contributed by atoms with Crippen LogP contribution in [0.2, 0.25) is 0 Å². The molecule has 1 aromatic carbocycles. The molecular formula is C20H24N6O. The molecule has 0 N–H and O–H groups in total. The zero-order valence-corrected chi connectivity index (χ0v) is 15.8. The minimum absolute atomic E-state index is 0.0327. The molecule has 0 unspecified atom stereocenters. The second kappa shape index (κ2) is 8.49. The third-order valence-electron chi connectivity index (χ3n) is 4.85. The Kier molecular flexibility index (Phi) is 5.87. The van der Waals surface area contributed by atoms with Crippen molar-refractivity contribution in [1.82, 2.24) is 15.1 Å². The van der Waals surface area contributed by atoms with Crippen LogP contribution >= 0.6 is 0 Å². The molecule has 2 heterocycles. The van der Waals surface area contributed by atoms with Gasteiger partial charge in [-0.2, -0.15) is 5.26 Å². The summed E-state index contributed by atoms with van der Waals surface area (Å²) in [6, 6.07) is 12.9. The van der Waals surface area contributed by atoms with Crippen LogP contribution in [0.4, 0.5) is 11.6 Å². The Labute approximate surface area is 159 Å². The van der Waals surface area contributed by atoms with E-state index in [2.05, 4.69) is 39.9 Å². The van der Waals surface area contributed by atoms with Crippen molar-refractivity contribution in [3.8, 4) is 6.07 Å². The zero-order chi connectivity index (χ0) is 19.2. The third kappa shape index (κ3) is 4.17. The first-order valence-corrected chi connectivity index (χ1v) is 9.29. The van der Waals surface area contributed by atoms with Crippen LogP contribution in [0.1, 0.15) is 29.8 Å². The largest absolute Gasteiger partial charge is 0.356 e. The van der Waals surface area contributed by atoms with Gasteiger partial charge in [-0.05, 0) is 44.2 Å². The van der Waals surface area contributed by atoms with Crippen molar-refractivity contribution < 1.29 is 4.79 Å². The van der Waals surface area contributed by atoms with Gasteiger partial charge in [0, 0.05) is 44.8 Å². The van der Waals surface area contributed by atoms with E-state index in [4.69, 9.17) is 5.26 Å². The van der Waals surface area contributed by atoms with Crippen LogP contribution in [0, 0.1) is 11.3 Å². The highest BCUT2D eigenvalue weighted by Crippen LogP contribution is 2.17. The SMILES string of the molecule is CCN(CC)c1ccc(N2CCN(C(=O)c3cccc(C#N)c3)CC2)nn1. The summed E-state index contributed by atoms with van der Waals surface area (Å²) in [6.45, 7) is 8.66. The number of benzene rings is 1. The van der Waals surface area contributed by atoms with Gasteiger partial charge in [0.25, 0.3) is 5.91 Å². The number of carbonyl (C=O) groups is 1. The summed E-state index contributed by atoms with van der Waals surface area (Å²) in [5, 5.41) is 17.7. The van der Waals surface area contributed by atoms with Gasteiger partial charge in [-0.1, -0.05) is 6.07 Å². The Morgan fingerprint density at radius 1 is 1.11 bits per heavy atom. The molecule has 1 aliphatic heterocycles. The fourth-order valence-electron chi connectivity index (χ4n) is 3.25. The topological polar surface area (TPSA) is 76.4 Å². The second-order valence-electron chi connectivity index (χ2n) is 6.39. The van der Waals surface area contributed by atoms with Crippen LogP contribution in [0.25, 0.3) is 0 Å². The Hall–Kier alpha value is -3.14. The molecule has 7 heteroatoms. The summed E-state index contributed by atoms with van der Waals surface area (Å²) in [4.78, 5) is 18.8. The predicted octanol–water partition coefficient (Wildman–Crippen LogP) is 2.16. The molecular weight excluding hydrogens is 340 g/mol. The van der Waals surface area contributed by atoms with Gasteiger partial charge < -0.3 is 14.7 Å². The van der Waals surface area contributed by atoms with Gasteiger partial charge in [0.1, 0.15) is 0 Å². The van der Waals surface area contributed by atoms with Crippen molar-refractivity contribution in [1.29, 1.82) is 5.26 Å². The molecule has 0 bridgehead atoms. The lowest BCUT2D eigenvalue weighted by atomic mass is 10.1. The zero-order valence-electron chi connectivity index (χ0n) is 15.8. The quantitative estimate of drug-likeness (QED) is 0.809. The molecule has 1 amide bonds. The molecule has 140 valence electrons. The predicted molar refractivity (Wildman–Crippen MR) is 105 cm³/mol. The van der Waals surface area contributed by atoms with Crippen LogP contribution < -0.4 is 9.80 Å². The van der Waals surface area contributed by atoms with E-state index >= 15 is 0 Å². The van der Waals surface area contributed by atoms with E-state index in [0.29, 0.717) is 37.3 Å².